The van der Waals surface area contributed by atoms with Gasteiger partial charge in [-0.25, -0.2) is 13.9 Å². The number of halogens is 1. The van der Waals surface area contributed by atoms with E-state index in [1.807, 2.05) is 0 Å². The fraction of sp³-hybridized carbons (Fsp3) is 0.100. The number of carboxylic acid groups (broad SMARTS) is 1. The monoisotopic (exact) mass is 221 g/mol. The minimum Gasteiger partial charge on any atom is -0.478 e. The van der Waals surface area contributed by atoms with Crippen LogP contribution < -0.4 is 0 Å². The van der Waals surface area contributed by atoms with Gasteiger partial charge in [0.2, 0.25) is 0 Å². The van der Waals surface area contributed by atoms with E-state index in [9.17, 15) is 9.18 Å². The topological polar surface area (TPSA) is 68.0 Å². The SMILES string of the molecule is Cn1nncc1-c1cc(F)ccc1C(=O)O. The van der Waals surface area contributed by atoms with Crippen molar-refractivity contribution >= 4 is 5.97 Å². The third-order valence-corrected chi connectivity index (χ3v) is 2.20. The average Bonchev–Trinajstić information content (AvgIpc) is 2.63. The van der Waals surface area contributed by atoms with Crippen molar-refractivity contribution in [3.63, 3.8) is 0 Å². The Morgan fingerprint density at radius 2 is 2.25 bits per heavy atom. The Morgan fingerprint density at radius 3 is 2.81 bits per heavy atom. The van der Waals surface area contributed by atoms with Crippen LogP contribution in [0.3, 0.4) is 0 Å². The van der Waals surface area contributed by atoms with Crippen molar-refractivity contribution in [1.82, 2.24) is 15.0 Å². The summed E-state index contributed by atoms with van der Waals surface area (Å²) in [7, 11) is 1.61. The second kappa shape index (κ2) is 3.73. The molecule has 1 N–H and O–H groups in total. The number of carboxylic acids is 1. The van der Waals surface area contributed by atoms with Gasteiger partial charge in [-0.15, -0.1) is 5.10 Å². The largest absolute Gasteiger partial charge is 0.478 e. The van der Waals surface area contributed by atoms with Gasteiger partial charge in [0.05, 0.1) is 17.5 Å². The van der Waals surface area contributed by atoms with Gasteiger partial charge in [-0.1, -0.05) is 5.21 Å². The molecule has 1 aromatic carbocycles. The fourth-order valence-corrected chi connectivity index (χ4v) is 1.45. The van der Waals surface area contributed by atoms with Crippen molar-refractivity contribution in [2.75, 3.05) is 0 Å². The lowest BCUT2D eigenvalue weighted by molar-refractivity contribution is 0.0697. The first kappa shape index (κ1) is 10.3. The van der Waals surface area contributed by atoms with Crippen molar-refractivity contribution in [2.45, 2.75) is 0 Å². The van der Waals surface area contributed by atoms with Crippen LogP contribution in [0.5, 0.6) is 0 Å². The molecule has 0 aliphatic rings. The normalized spacial score (nSPS) is 10.4. The number of aromatic carboxylic acids is 1. The number of hydrogen-bond acceptors (Lipinski definition) is 3. The zero-order valence-electron chi connectivity index (χ0n) is 8.38. The van der Waals surface area contributed by atoms with Crippen LogP contribution in [0.25, 0.3) is 11.3 Å². The zero-order chi connectivity index (χ0) is 11.7. The highest BCUT2D eigenvalue weighted by atomic mass is 19.1. The minimum absolute atomic E-state index is 0.0202. The standard InChI is InChI=1S/C10H8FN3O2/c1-14-9(5-12-13-14)8-4-6(11)2-3-7(8)10(15)16/h2-5H,1H3,(H,15,16). The Hall–Kier alpha value is -2.24. The number of benzene rings is 1. The molecule has 0 radical (unpaired) electrons. The van der Waals surface area contributed by atoms with Crippen molar-refractivity contribution in [3.8, 4) is 11.3 Å². The highest BCUT2D eigenvalue weighted by molar-refractivity contribution is 5.95. The van der Waals surface area contributed by atoms with Gasteiger partial charge in [-0.05, 0) is 18.2 Å². The van der Waals surface area contributed by atoms with E-state index in [4.69, 9.17) is 5.11 Å². The van der Waals surface area contributed by atoms with E-state index >= 15 is 0 Å². The average molecular weight is 221 g/mol. The minimum atomic E-state index is -1.11. The molecule has 0 aliphatic heterocycles. The van der Waals surface area contributed by atoms with E-state index in [1.165, 1.54) is 16.9 Å². The first-order chi connectivity index (χ1) is 7.59. The lowest BCUT2D eigenvalue weighted by Crippen LogP contribution is -2.03. The molecule has 82 valence electrons. The molecule has 0 atom stereocenters. The van der Waals surface area contributed by atoms with Crippen molar-refractivity contribution < 1.29 is 14.3 Å². The third kappa shape index (κ3) is 1.65. The molecule has 0 spiro atoms. The molecule has 1 aromatic heterocycles. The van der Waals surface area contributed by atoms with Crippen LogP contribution in [0.1, 0.15) is 10.4 Å². The Labute approximate surface area is 90.1 Å². The van der Waals surface area contributed by atoms with Crippen molar-refractivity contribution in [2.24, 2.45) is 7.05 Å². The summed E-state index contributed by atoms with van der Waals surface area (Å²) in [5.41, 5.74) is 0.740. The Kier molecular flexibility index (Phi) is 2.40. The summed E-state index contributed by atoms with van der Waals surface area (Å²) in [6.45, 7) is 0. The van der Waals surface area contributed by atoms with Gasteiger partial charge in [-0.2, -0.15) is 0 Å². The number of aryl methyl sites for hydroxylation is 1. The Morgan fingerprint density at radius 1 is 1.50 bits per heavy atom. The fourth-order valence-electron chi connectivity index (χ4n) is 1.45. The van der Waals surface area contributed by atoms with E-state index in [0.29, 0.717) is 5.69 Å². The van der Waals surface area contributed by atoms with E-state index in [0.717, 1.165) is 12.1 Å². The summed E-state index contributed by atoms with van der Waals surface area (Å²) < 4.78 is 14.5. The van der Waals surface area contributed by atoms with Crippen LogP contribution in [0.15, 0.2) is 24.4 Å². The van der Waals surface area contributed by atoms with Gasteiger partial charge in [0.25, 0.3) is 0 Å². The summed E-state index contributed by atoms with van der Waals surface area (Å²) in [6.07, 6.45) is 1.39. The van der Waals surface area contributed by atoms with E-state index in [1.54, 1.807) is 7.05 Å². The summed E-state index contributed by atoms with van der Waals surface area (Å²) in [5.74, 6) is -1.61. The Bertz CT molecular complexity index is 551. The quantitative estimate of drug-likeness (QED) is 0.830. The molecule has 0 bridgehead atoms. The van der Waals surface area contributed by atoms with Crippen LogP contribution in [-0.2, 0) is 7.05 Å². The van der Waals surface area contributed by atoms with Crippen molar-refractivity contribution in [3.05, 3.63) is 35.8 Å². The van der Waals surface area contributed by atoms with Gasteiger partial charge in [0.1, 0.15) is 5.82 Å². The van der Waals surface area contributed by atoms with Gasteiger partial charge in [0.15, 0.2) is 0 Å². The van der Waals surface area contributed by atoms with E-state index in [2.05, 4.69) is 10.3 Å². The number of aromatic nitrogens is 3. The van der Waals surface area contributed by atoms with Gasteiger partial charge < -0.3 is 5.11 Å². The molecule has 0 saturated heterocycles. The predicted molar refractivity (Wildman–Crippen MR) is 53.4 cm³/mol. The number of hydrogen-bond donors (Lipinski definition) is 1. The summed E-state index contributed by atoms with van der Waals surface area (Å²) in [4.78, 5) is 11.0. The maximum absolute atomic E-state index is 13.1. The lowest BCUT2D eigenvalue weighted by Gasteiger charge is -2.05. The van der Waals surface area contributed by atoms with Crippen molar-refractivity contribution in [1.29, 1.82) is 0 Å². The second-order valence-corrected chi connectivity index (χ2v) is 3.24. The summed E-state index contributed by atoms with van der Waals surface area (Å²) >= 11 is 0. The summed E-state index contributed by atoms with van der Waals surface area (Å²) in [5, 5.41) is 16.3. The maximum Gasteiger partial charge on any atom is 0.336 e. The van der Waals surface area contributed by atoms with Crippen LogP contribution in [0.2, 0.25) is 0 Å². The van der Waals surface area contributed by atoms with E-state index in [-0.39, 0.29) is 11.1 Å². The molecular formula is C10H8FN3O2. The molecule has 1 heterocycles. The van der Waals surface area contributed by atoms with Crippen LogP contribution in [-0.4, -0.2) is 26.1 Å². The number of nitrogens with zero attached hydrogens (tertiary/aromatic N) is 3. The molecule has 2 rings (SSSR count). The van der Waals surface area contributed by atoms with Crippen LogP contribution >= 0.6 is 0 Å². The molecule has 0 aliphatic carbocycles. The number of rotatable bonds is 2. The third-order valence-electron chi connectivity index (χ3n) is 2.20. The molecule has 16 heavy (non-hydrogen) atoms. The highest BCUT2D eigenvalue weighted by Gasteiger charge is 2.15. The molecular weight excluding hydrogens is 213 g/mol. The smallest absolute Gasteiger partial charge is 0.336 e. The Balaban J connectivity index is 2.67. The molecule has 0 saturated carbocycles. The predicted octanol–water partition coefficient (Wildman–Crippen LogP) is 1.32. The summed E-state index contributed by atoms with van der Waals surface area (Å²) in [6, 6.07) is 3.49. The second-order valence-electron chi connectivity index (χ2n) is 3.24. The van der Waals surface area contributed by atoms with Gasteiger partial charge in [0, 0.05) is 12.6 Å². The lowest BCUT2D eigenvalue weighted by atomic mass is 10.0. The molecule has 2 aromatic rings. The zero-order valence-corrected chi connectivity index (χ0v) is 8.38. The van der Waals surface area contributed by atoms with Gasteiger partial charge in [-0.3, -0.25) is 0 Å². The molecule has 6 heteroatoms. The maximum atomic E-state index is 13.1. The molecule has 0 unspecified atom stereocenters. The number of carbonyl (C=O) groups is 1. The molecule has 0 amide bonds. The first-order valence-electron chi connectivity index (χ1n) is 4.47. The first-order valence-corrected chi connectivity index (χ1v) is 4.47. The molecule has 5 nitrogen and oxygen atoms in total. The molecule has 0 fully saturated rings. The van der Waals surface area contributed by atoms with E-state index < -0.39 is 11.8 Å². The van der Waals surface area contributed by atoms with Crippen LogP contribution in [0.4, 0.5) is 4.39 Å². The highest BCUT2D eigenvalue weighted by Crippen LogP contribution is 2.23. The van der Waals surface area contributed by atoms with Gasteiger partial charge >= 0.3 is 5.97 Å². The van der Waals surface area contributed by atoms with Crippen LogP contribution in [0, 0.1) is 5.82 Å².